The number of carbonyl (C=O) groups is 1. The van der Waals surface area contributed by atoms with Gasteiger partial charge in [-0.2, -0.15) is 0 Å². The molecule has 0 radical (unpaired) electrons. The second-order valence-electron chi connectivity index (χ2n) is 4.10. The molecular formula is C13H13NO2. The van der Waals surface area contributed by atoms with E-state index in [1.807, 2.05) is 41.3 Å². The SMILES string of the molecule is O=C1C=CC[C@@H]2OC[C@@H](c3ccccc3)N12. The van der Waals surface area contributed by atoms with Gasteiger partial charge >= 0.3 is 0 Å². The van der Waals surface area contributed by atoms with Gasteiger partial charge in [-0.3, -0.25) is 4.79 Å². The van der Waals surface area contributed by atoms with E-state index in [0.29, 0.717) is 6.61 Å². The second kappa shape index (κ2) is 3.76. The highest BCUT2D eigenvalue weighted by atomic mass is 16.5. The first-order chi connectivity index (χ1) is 7.86. The van der Waals surface area contributed by atoms with Crippen LogP contribution in [-0.2, 0) is 9.53 Å². The zero-order valence-electron chi connectivity index (χ0n) is 8.87. The molecule has 0 aromatic heterocycles. The van der Waals surface area contributed by atoms with Crippen LogP contribution in [0.1, 0.15) is 18.0 Å². The molecule has 2 aliphatic heterocycles. The molecule has 3 heteroatoms. The molecule has 0 saturated carbocycles. The molecule has 1 amide bonds. The first kappa shape index (κ1) is 9.60. The number of rotatable bonds is 1. The number of carbonyl (C=O) groups excluding carboxylic acids is 1. The van der Waals surface area contributed by atoms with Crippen molar-refractivity contribution in [1.29, 1.82) is 0 Å². The van der Waals surface area contributed by atoms with E-state index in [-0.39, 0.29) is 18.2 Å². The van der Waals surface area contributed by atoms with Crippen LogP contribution < -0.4 is 0 Å². The second-order valence-corrected chi connectivity index (χ2v) is 4.10. The fourth-order valence-electron chi connectivity index (χ4n) is 2.34. The van der Waals surface area contributed by atoms with Gasteiger partial charge in [-0.15, -0.1) is 0 Å². The monoisotopic (exact) mass is 215 g/mol. The lowest BCUT2D eigenvalue weighted by Crippen LogP contribution is -2.38. The van der Waals surface area contributed by atoms with Gasteiger partial charge in [-0.05, 0) is 11.6 Å². The zero-order chi connectivity index (χ0) is 11.0. The van der Waals surface area contributed by atoms with Crippen LogP contribution in [0.5, 0.6) is 0 Å². The standard InChI is InChI=1S/C13H13NO2/c15-12-7-4-8-13-14(12)11(9-16-13)10-5-2-1-3-6-10/h1-7,11,13H,8-9H2/t11-,13-/m0/s1. The van der Waals surface area contributed by atoms with E-state index in [1.165, 1.54) is 0 Å². The first-order valence-corrected chi connectivity index (χ1v) is 5.51. The number of fused-ring (bicyclic) bond motifs is 1. The number of nitrogens with zero attached hydrogens (tertiary/aromatic N) is 1. The molecular weight excluding hydrogens is 202 g/mol. The van der Waals surface area contributed by atoms with Crippen molar-refractivity contribution in [1.82, 2.24) is 4.90 Å². The van der Waals surface area contributed by atoms with Crippen molar-refractivity contribution in [3.05, 3.63) is 48.0 Å². The van der Waals surface area contributed by atoms with Crippen LogP contribution in [0.3, 0.4) is 0 Å². The summed E-state index contributed by atoms with van der Waals surface area (Å²) in [4.78, 5) is 13.7. The van der Waals surface area contributed by atoms with Crippen molar-refractivity contribution in [3.8, 4) is 0 Å². The molecule has 0 aliphatic carbocycles. The zero-order valence-corrected chi connectivity index (χ0v) is 8.87. The third-order valence-corrected chi connectivity index (χ3v) is 3.13. The summed E-state index contributed by atoms with van der Waals surface area (Å²) in [6.07, 6.45) is 4.26. The van der Waals surface area contributed by atoms with Gasteiger partial charge in [0.2, 0.25) is 5.91 Å². The van der Waals surface area contributed by atoms with Crippen LogP contribution in [0.4, 0.5) is 0 Å². The number of hydrogen-bond donors (Lipinski definition) is 0. The molecule has 1 saturated heterocycles. The minimum atomic E-state index is -0.0669. The fourth-order valence-corrected chi connectivity index (χ4v) is 2.34. The van der Waals surface area contributed by atoms with Crippen LogP contribution >= 0.6 is 0 Å². The van der Waals surface area contributed by atoms with Gasteiger partial charge in [0.05, 0.1) is 12.6 Å². The Morgan fingerprint density at radius 3 is 2.88 bits per heavy atom. The Bertz CT molecular complexity index is 427. The molecule has 0 N–H and O–H groups in total. The van der Waals surface area contributed by atoms with Crippen LogP contribution in [0.2, 0.25) is 0 Å². The summed E-state index contributed by atoms with van der Waals surface area (Å²) in [6.45, 7) is 0.599. The van der Waals surface area contributed by atoms with E-state index in [2.05, 4.69) is 0 Å². The summed E-state index contributed by atoms with van der Waals surface area (Å²) in [6, 6.07) is 10.1. The highest BCUT2D eigenvalue weighted by Gasteiger charge is 2.38. The van der Waals surface area contributed by atoms with E-state index in [9.17, 15) is 4.79 Å². The molecule has 0 bridgehead atoms. The Labute approximate surface area is 94.3 Å². The van der Waals surface area contributed by atoms with E-state index in [0.717, 1.165) is 12.0 Å². The smallest absolute Gasteiger partial charge is 0.248 e. The molecule has 1 aromatic carbocycles. The van der Waals surface area contributed by atoms with E-state index in [4.69, 9.17) is 4.74 Å². The topological polar surface area (TPSA) is 29.5 Å². The van der Waals surface area contributed by atoms with Gasteiger partial charge in [-0.25, -0.2) is 0 Å². The molecule has 1 aromatic rings. The largest absolute Gasteiger partial charge is 0.355 e. The van der Waals surface area contributed by atoms with Crippen LogP contribution in [0, 0.1) is 0 Å². The van der Waals surface area contributed by atoms with Crippen molar-refractivity contribution in [3.63, 3.8) is 0 Å². The Morgan fingerprint density at radius 2 is 2.06 bits per heavy atom. The average Bonchev–Trinajstić information content (AvgIpc) is 2.75. The van der Waals surface area contributed by atoms with Crippen molar-refractivity contribution >= 4 is 5.91 Å². The summed E-state index contributed by atoms with van der Waals surface area (Å²) in [7, 11) is 0. The Kier molecular flexibility index (Phi) is 2.26. The lowest BCUT2D eigenvalue weighted by molar-refractivity contribution is -0.133. The molecule has 2 aliphatic rings. The summed E-state index contributed by atoms with van der Waals surface area (Å²) in [5.74, 6) is 0.0580. The summed E-state index contributed by atoms with van der Waals surface area (Å²) in [5.41, 5.74) is 1.15. The molecule has 1 fully saturated rings. The fraction of sp³-hybridized carbons (Fsp3) is 0.308. The molecule has 82 valence electrons. The average molecular weight is 215 g/mol. The van der Waals surface area contributed by atoms with Crippen LogP contribution in [-0.4, -0.2) is 23.6 Å². The maximum atomic E-state index is 11.8. The van der Waals surface area contributed by atoms with Crippen molar-refractivity contribution < 1.29 is 9.53 Å². The maximum absolute atomic E-state index is 11.8. The molecule has 2 atom stereocenters. The molecule has 0 unspecified atom stereocenters. The predicted octanol–water partition coefficient (Wildman–Crippen LogP) is 1.87. The van der Waals surface area contributed by atoms with Crippen molar-refractivity contribution in [2.75, 3.05) is 6.61 Å². The predicted molar refractivity (Wildman–Crippen MR) is 59.5 cm³/mol. The summed E-state index contributed by atoms with van der Waals surface area (Å²) in [5, 5.41) is 0. The Balaban J connectivity index is 1.93. The molecule has 2 heterocycles. The van der Waals surface area contributed by atoms with Gasteiger partial charge in [0.1, 0.15) is 6.23 Å². The quantitative estimate of drug-likeness (QED) is 0.715. The molecule has 3 rings (SSSR count). The highest BCUT2D eigenvalue weighted by molar-refractivity contribution is 5.89. The number of benzene rings is 1. The van der Waals surface area contributed by atoms with Crippen molar-refractivity contribution in [2.24, 2.45) is 0 Å². The van der Waals surface area contributed by atoms with E-state index in [1.54, 1.807) is 6.08 Å². The van der Waals surface area contributed by atoms with Crippen LogP contribution in [0.25, 0.3) is 0 Å². The normalized spacial score (nSPS) is 28.2. The number of hydrogen-bond acceptors (Lipinski definition) is 2. The summed E-state index contributed by atoms with van der Waals surface area (Å²) < 4.78 is 5.65. The minimum absolute atomic E-state index is 0.0580. The Hall–Kier alpha value is -1.61. The third-order valence-electron chi connectivity index (χ3n) is 3.13. The van der Waals surface area contributed by atoms with Gasteiger partial charge in [-0.1, -0.05) is 36.4 Å². The van der Waals surface area contributed by atoms with Crippen molar-refractivity contribution in [2.45, 2.75) is 18.7 Å². The maximum Gasteiger partial charge on any atom is 0.248 e. The van der Waals surface area contributed by atoms with Gasteiger partial charge in [0, 0.05) is 6.42 Å². The minimum Gasteiger partial charge on any atom is -0.355 e. The number of amides is 1. The lowest BCUT2D eigenvalue weighted by atomic mass is 10.1. The third kappa shape index (κ3) is 1.44. The molecule has 0 spiro atoms. The van der Waals surface area contributed by atoms with Gasteiger partial charge < -0.3 is 9.64 Å². The molecule has 16 heavy (non-hydrogen) atoms. The lowest BCUT2D eigenvalue weighted by Gasteiger charge is -2.29. The van der Waals surface area contributed by atoms with Gasteiger partial charge in [0.15, 0.2) is 0 Å². The van der Waals surface area contributed by atoms with Crippen LogP contribution in [0.15, 0.2) is 42.5 Å². The van der Waals surface area contributed by atoms with Gasteiger partial charge in [0.25, 0.3) is 0 Å². The molecule has 3 nitrogen and oxygen atoms in total. The summed E-state index contributed by atoms with van der Waals surface area (Å²) >= 11 is 0. The Morgan fingerprint density at radius 1 is 1.25 bits per heavy atom. The van der Waals surface area contributed by atoms with E-state index >= 15 is 0 Å². The number of ether oxygens (including phenoxy) is 1. The first-order valence-electron chi connectivity index (χ1n) is 5.51. The highest BCUT2D eigenvalue weighted by Crippen LogP contribution is 2.33. The van der Waals surface area contributed by atoms with E-state index < -0.39 is 0 Å².